The van der Waals surface area contributed by atoms with E-state index in [1.165, 1.54) is 4.90 Å². The largest absolute Gasteiger partial charge is 0.493 e. The van der Waals surface area contributed by atoms with Gasteiger partial charge in [-0.1, -0.05) is 41.8 Å². The zero-order chi connectivity index (χ0) is 32.3. The molecule has 3 aromatic rings. The van der Waals surface area contributed by atoms with Crippen LogP contribution in [0.2, 0.25) is 10.0 Å². The number of unbranched alkanes of at least 4 members (excludes halogenated alkanes) is 2. The number of benzene rings is 2. The van der Waals surface area contributed by atoms with E-state index < -0.39 is 5.97 Å². The number of rotatable bonds is 11. The summed E-state index contributed by atoms with van der Waals surface area (Å²) in [6.45, 7) is 0.606. The average molecular weight is 720 g/mol. The van der Waals surface area contributed by atoms with Gasteiger partial charge in [-0.15, -0.1) is 23.1 Å². The zero-order valence-electron chi connectivity index (χ0n) is 24.9. The molecule has 7 atom stereocenters. The van der Waals surface area contributed by atoms with Crippen LogP contribution in [0.15, 0.2) is 41.4 Å². The number of carbonyl (C=O) groups excluding carboxylic acids is 2. The molecular weight excluding hydrogens is 687 g/mol. The number of amides is 2. The van der Waals surface area contributed by atoms with Gasteiger partial charge in [0.1, 0.15) is 6.61 Å². The van der Waals surface area contributed by atoms with Crippen molar-refractivity contribution in [3.8, 4) is 11.5 Å². The van der Waals surface area contributed by atoms with Crippen molar-refractivity contribution in [2.24, 2.45) is 29.6 Å². The summed E-state index contributed by atoms with van der Waals surface area (Å²) in [6, 6.07) is 11.3. The van der Waals surface area contributed by atoms with Crippen LogP contribution in [0, 0.1) is 33.5 Å². The van der Waals surface area contributed by atoms with Gasteiger partial charge in [-0.3, -0.25) is 19.3 Å². The van der Waals surface area contributed by atoms with Crippen LogP contribution in [0.4, 0.5) is 0 Å². The molecule has 2 aromatic carbocycles. The number of ether oxygens (including phenoxy) is 2. The Balaban J connectivity index is 1.16. The molecule has 2 aliphatic heterocycles. The molecule has 0 radical (unpaired) electrons. The first-order valence-corrected chi connectivity index (χ1v) is 18.2. The molecule has 46 heavy (non-hydrogen) atoms. The van der Waals surface area contributed by atoms with Gasteiger partial charge in [-0.25, -0.2) is 0 Å². The van der Waals surface area contributed by atoms with Crippen molar-refractivity contribution in [3.63, 3.8) is 0 Å². The molecule has 1 aromatic heterocycles. The second-order valence-corrected chi connectivity index (χ2v) is 16.2. The lowest BCUT2D eigenvalue weighted by atomic mass is 9.68. The molecule has 7 unspecified atom stereocenters. The van der Waals surface area contributed by atoms with E-state index in [-0.39, 0.29) is 65.6 Å². The summed E-state index contributed by atoms with van der Waals surface area (Å²) >= 11 is 21.4. The number of methoxy groups -OCH3 is 1. The number of hydrogen-bond acceptors (Lipinski definition) is 8. The fraction of sp³-hybridized carbons (Fsp3) is 0.455. The third-order valence-electron chi connectivity index (χ3n) is 10.0. The minimum absolute atomic E-state index is 0.0169. The Morgan fingerprint density at radius 2 is 1.85 bits per heavy atom. The van der Waals surface area contributed by atoms with Crippen LogP contribution in [-0.4, -0.2) is 51.7 Å². The van der Waals surface area contributed by atoms with Gasteiger partial charge in [0, 0.05) is 44.6 Å². The molecule has 242 valence electrons. The van der Waals surface area contributed by atoms with Gasteiger partial charge in [-0.05, 0) is 79.1 Å². The normalized spacial score (nSPS) is 27.5. The molecule has 3 heterocycles. The van der Waals surface area contributed by atoms with Crippen molar-refractivity contribution in [1.82, 2.24) is 9.88 Å². The van der Waals surface area contributed by atoms with Gasteiger partial charge < -0.3 is 19.6 Å². The maximum atomic E-state index is 13.8. The van der Waals surface area contributed by atoms with Crippen molar-refractivity contribution < 1.29 is 29.0 Å². The van der Waals surface area contributed by atoms with E-state index in [4.69, 9.17) is 50.0 Å². The van der Waals surface area contributed by atoms with Crippen molar-refractivity contribution in [2.45, 2.75) is 54.9 Å². The van der Waals surface area contributed by atoms with Crippen LogP contribution in [0.1, 0.15) is 54.0 Å². The number of thioether (sulfide) groups is 1. The van der Waals surface area contributed by atoms with Gasteiger partial charge in [0.05, 0.1) is 24.0 Å². The Bertz CT molecular complexity index is 1780. The zero-order valence-corrected chi connectivity index (χ0v) is 28.8. The van der Waals surface area contributed by atoms with E-state index in [9.17, 15) is 14.4 Å². The minimum Gasteiger partial charge on any atom is -0.493 e. The Morgan fingerprint density at radius 3 is 2.59 bits per heavy atom. The second kappa shape index (κ2) is 12.8. The van der Waals surface area contributed by atoms with Crippen LogP contribution >= 0.6 is 58.5 Å². The molecule has 2 aliphatic carbocycles. The predicted octanol–water partition coefficient (Wildman–Crippen LogP) is 7.82. The van der Waals surface area contributed by atoms with Crippen LogP contribution in [0.3, 0.4) is 0 Å². The van der Waals surface area contributed by atoms with Gasteiger partial charge in [0.25, 0.3) is 0 Å². The van der Waals surface area contributed by atoms with Crippen LogP contribution in [0.25, 0.3) is 0 Å². The van der Waals surface area contributed by atoms with E-state index in [1.807, 2.05) is 18.2 Å². The van der Waals surface area contributed by atoms with E-state index in [0.717, 1.165) is 27.5 Å². The van der Waals surface area contributed by atoms with E-state index >= 15 is 0 Å². The molecule has 2 N–H and O–H groups in total. The quantitative estimate of drug-likeness (QED) is 0.117. The summed E-state index contributed by atoms with van der Waals surface area (Å²) < 4.78 is 12.7. The SMILES string of the molecule is COc1cc(C2c3sc(=S)[nH]c3SC3C4CC(C5C(=O)N(CCCCCC(=O)O)C(=O)C45)C23)ccc1OCc1ccc(Cl)cc1Cl. The highest BCUT2D eigenvalue weighted by atomic mass is 35.5. The lowest BCUT2D eigenvalue weighted by molar-refractivity contribution is -0.141. The van der Waals surface area contributed by atoms with Crippen molar-refractivity contribution in [1.29, 1.82) is 0 Å². The number of carbonyl (C=O) groups is 3. The highest BCUT2D eigenvalue weighted by Gasteiger charge is 2.69. The number of likely N-dealkylation sites (tertiary alicyclic amines) is 1. The van der Waals surface area contributed by atoms with E-state index in [2.05, 4.69) is 11.1 Å². The first-order chi connectivity index (χ1) is 22.2. The van der Waals surface area contributed by atoms with Crippen LogP contribution in [-0.2, 0) is 21.0 Å². The Labute approximate surface area is 289 Å². The third kappa shape index (κ3) is 5.55. The number of nitrogens with one attached hydrogen (secondary N) is 1. The summed E-state index contributed by atoms with van der Waals surface area (Å²) in [4.78, 5) is 44.4. The highest BCUT2D eigenvalue weighted by Crippen LogP contribution is 2.69. The van der Waals surface area contributed by atoms with Gasteiger partial charge in [0.2, 0.25) is 11.8 Å². The van der Waals surface area contributed by atoms with Gasteiger partial charge >= 0.3 is 5.97 Å². The number of hydrogen-bond donors (Lipinski definition) is 2. The van der Waals surface area contributed by atoms with E-state index in [0.29, 0.717) is 51.3 Å². The number of aromatic amines is 1. The van der Waals surface area contributed by atoms with Crippen molar-refractivity contribution in [2.75, 3.05) is 13.7 Å². The van der Waals surface area contributed by atoms with E-state index in [1.54, 1.807) is 42.3 Å². The summed E-state index contributed by atoms with van der Waals surface area (Å²) in [6.07, 6.45) is 2.78. The highest BCUT2D eigenvalue weighted by molar-refractivity contribution is 8.00. The number of thiazole rings is 1. The average Bonchev–Trinajstić information content (AvgIpc) is 3.76. The Morgan fingerprint density at radius 1 is 1.07 bits per heavy atom. The number of carboxylic acids is 1. The number of aliphatic carboxylic acids is 1. The third-order valence-corrected chi connectivity index (χ3v) is 13.6. The molecule has 3 fully saturated rings. The molecule has 2 saturated carbocycles. The molecular formula is C33H32Cl2N2O6S3. The standard InChI is InChI=1S/C33H32Cl2N2O6S3/c1-42-22-11-15(7-9-21(22)43-14-16-6-8-17(34)12-20(16)35)24-25-18-13-19(28(25)45-30-29(24)46-33(44)36-30)27-26(18)31(40)37(32(27)41)10-4-2-3-5-23(38)39/h6-9,11-12,18-19,24-28H,2-5,10,13-14H2,1H3,(H,36,44)(H,38,39). The van der Waals surface area contributed by atoms with Crippen LogP contribution in [0.5, 0.6) is 11.5 Å². The van der Waals surface area contributed by atoms with Crippen LogP contribution < -0.4 is 9.47 Å². The van der Waals surface area contributed by atoms with Crippen molar-refractivity contribution in [3.05, 3.63) is 66.4 Å². The van der Waals surface area contributed by atoms with Gasteiger partial charge in [0.15, 0.2) is 15.5 Å². The van der Waals surface area contributed by atoms with Gasteiger partial charge in [-0.2, -0.15) is 0 Å². The number of carboxylic acid groups (broad SMARTS) is 1. The summed E-state index contributed by atoms with van der Waals surface area (Å²) in [5.41, 5.74) is 1.87. The second-order valence-electron chi connectivity index (χ2n) is 12.4. The molecule has 13 heteroatoms. The predicted molar refractivity (Wildman–Crippen MR) is 180 cm³/mol. The summed E-state index contributed by atoms with van der Waals surface area (Å²) in [7, 11) is 1.62. The number of fused-ring (bicyclic) bond motifs is 9. The number of imide groups is 1. The lowest BCUT2D eigenvalue weighted by Crippen LogP contribution is -2.42. The van der Waals surface area contributed by atoms with Crippen molar-refractivity contribution >= 4 is 76.3 Å². The Kier molecular flexibility index (Phi) is 8.90. The Hall–Kier alpha value is -2.57. The first-order valence-electron chi connectivity index (χ1n) is 15.4. The number of H-pyrrole nitrogens is 1. The minimum atomic E-state index is -0.828. The smallest absolute Gasteiger partial charge is 0.303 e. The maximum Gasteiger partial charge on any atom is 0.303 e. The number of aromatic nitrogens is 1. The number of nitrogens with zero attached hydrogens (tertiary/aromatic N) is 1. The molecule has 8 nitrogen and oxygen atoms in total. The molecule has 4 aliphatic rings. The fourth-order valence-electron chi connectivity index (χ4n) is 8.19. The molecule has 7 rings (SSSR count). The maximum absolute atomic E-state index is 13.8. The fourth-order valence-corrected chi connectivity index (χ4v) is 12.0. The molecule has 0 spiro atoms. The number of halogens is 2. The lowest BCUT2D eigenvalue weighted by Gasteiger charge is -2.43. The summed E-state index contributed by atoms with van der Waals surface area (Å²) in [5, 5.41) is 11.2. The first kappa shape index (κ1) is 32.0. The monoisotopic (exact) mass is 718 g/mol. The summed E-state index contributed by atoms with van der Waals surface area (Å²) in [5.74, 6) is -0.0496. The molecule has 2 bridgehead atoms. The molecule has 1 saturated heterocycles. The topological polar surface area (TPSA) is 109 Å². The molecule has 2 amide bonds.